The van der Waals surface area contributed by atoms with Crippen LogP contribution in [0.25, 0.3) is 22.7 Å². The molecule has 156 valence electrons. The van der Waals surface area contributed by atoms with Gasteiger partial charge in [0.1, 0.15) is 12.0 Å². The number of oxazole rings is 1. The molecule has 1 aliphatic rings. The van der Waals surface area contributed by atoms with Gasteiger partial charge in [0.2, 0.25) is 5.89 Å². The van der Waals surface area contributed by atoms with E-state index < -0.39 is 0 Å². The summed E-state index contributed by atoms with van der Waals surface area (Å²) >= 11 is 3.41. The van der Waals surface area contributed by atoms with Gasteiger partial charge in [-0.2, -0.15) is 5.10 Å². The van der Waals surface area contributed by atoms with Gasteiger partial charge in [-0.05, 0) is 48.5 Å². The number of nitrogens with zero attached hydrogens (tertiary/aromatic N) is 3. The number of rotatable bonds is 4. The highest BCUT2D eigenvalue weighted by atomic mass is 79.9. The minimum absolute atomic E-state index is 0.206. The summed E-state index contributed by atoms with van der Waals surface area (Å²) in [5, 5.41) is 4.52. The zero-order valence-electron chi connectivity index (χ0n) is 16.5. The van der Waals surface area contributed by atoms with Crippen LogP contribution in [-0.2, 0) is 6.54 Å². The first-order chi connectivity index (χ1) is 15.2. The van der Waals surface area contributed by atoms with Crippen LogP contribution in [0.2, 0.25) is 0 Å². The number of benzene rings is 2. The van der Waals surface area contributed by atoms with Crippen LogP contribution in [0, 0.1) is 0 Å². The smallest absolute Gasteiger partial charge is 0.267 e. The Bertz CT molecular complexity index is 1280. The molecule has 1 aliphatic heterocycles. The second-order valence-electron chi connectivity index (χ2n) is 7.08. The average molecular weight is 480 g/mol. The third kappa shape index (κ3) is 4.25. The van der Waals surface area contributed by atoms with Crippen molar-refractivity contribution in [1.82, 2.24) is 14.8 Å². The van der Waals surface area contributed by atoms with Crippen molar-refractivity contribution in [2.24, 2.45) is 0 Å². The molecule has 5 rings (SSSR count). The predicted octanol–water partition coefficient (Wildman–Crippen LogP) is 4.54. The average Bonchev–Trinajstić information content (AvgIpc) is 3.11. The molecule has 0 amide bonds. The van der Waals surface area contributed by atoms with Gasteiger partial charge in [0.25, 0.3) is 5.56 Å². The first-order valence-corrected chi connectivity index (χ1v) is 10.6. The molecule has 4 aromatic rings. The van der Waals surface area contributed by atoms with Crippen molar-refractivity contribution >= 4 is 15.9 Å². The Morgan fingerprint density at radius 1 is 0.935 bits per heavy atom. The van der Waals surface area contributed by atoms with E-state index >= 15 is 0 Å². The standard InChI is InChI=1S/C23H18BrN3O4/c24-17-5-2-15(3-6-17)23-25-18(14-31-23)13-27-22(28)9-7-19(26-27)16-4-8-20-21(12-16)30-11-1-10-29-20/h2-9,12,14H,1,10-11,13H2. The molecule has 3 heterocycles. The minimum Gasteiger partial charge on any atom is -0.490 e. The van der Waals surface area contributed by atoms with E-state index in [4.69, 9.17) is 13.9 Å². The molecule has 2 aromatic heterocycles. The van der Waals surface area contributed by atoms with Crippen LogP contribution in [0.3, 0.4) is 0 Å². The summed E-state index contributed by atoms with van der Waals surface area (Å²) in [5.41, 5.74) is 2.76. The first kappa shape index (κ1) is 19.6. The fourth-order valence-corrected chi connectivity index (χ4v) is 3.56. The molecule has 0 spiro atoms. The number of hydrogen-bond acceptors (Lipinski definition) is 6. The molecule has 0 fully saturated rings. The number of fused-ring (bicyclic) bond motifs is 1. The Morgan fingerprint density at radius 2 is 1.71 bits per heavy atom. The highest BCUT2D eigenvalue weighted by molar-refractivity contribution is 9.10. The molecule has 31 heavy (non-hydrogen) atoms. The Kier molecular flexibility index (Phi) is 5.30. The van der Waals surface area contributed by atoms with Gasteiger partial charge >= 0.3 is 0 Å². The maximum absolute atomic E-state index is 12.4. The molecule has 7 nitrogen and oxygen atoms in total. The van der Waals surface area contributed by atoms with Crippen LogP contribution < -0.4 is 15.0 Å². The zero-order chi connectivity index (χ0) is 21.2. The van der Waals surface area contributed by atoms with E-state index in [9.17, 15) is 4.79 Å². The fourth-order valence-electron chi connectivity index (χ4n) is 3.30. The Morgan fingerprint density at radius 3 is 2.55 bits per heavy atom. The van der Waals surface area contributed by atoms with Crippen LogP contribution >= 0.6 is 15.9 Å². The quantitative estimate of drug-likeness (QED) is 0.427. The third-order valence-electron chi connectivity index (χ3n) is 4.86. The van der Waals surface area contributed by atoms with Crippen LogP contribution in [-0.4, -0.2) is 28.0 Å². The predicted molar refractivity (Wildman–Crippen MR) is 118 cm³/mol. The molecular formula is C23H18BrN3O4. The van der Waals surface area contributed by atoms with E-state index in [-0.39, 0.29) is 12.1 Å². The minimum atomic E-state index is -0.216. The first-order valence-electron chi connectivity index (χ1n) is 9.84. The van der Waals surface area contributed by atoms with Crippen molar-refractivity contribution in [3.63, 3.8) is 0 Å². The summed E-state index contributed by atoms with van der Waals surface area (Å²) < 4.78 is 19.4. The topological polar surface area (TPSA) is 79.4 Å². The second kappa shape index (κ2) is 8.39. The van der Waals surface area contributed by atoms with E-state index in [1.807, 2.05) is 42.5 Å². The van der Waals surface area contributed by atoms with Crippen molar-refractivity contribution in [3.8, 4) is 34.2 Å². The maximum atomic E-state index is 12.4. The summed E-state index contributed by atoms with van der Waals surface area (Å²) in [6, 6.07) is 16.5. The molecule has 0 bridgehead atoms. The van der Waals surface area contributed by atoms with Crippen LogP contribution in [0.15, 0.2) is 74.5 Å². The lowest BCUT2D eigenvalue weighted by molar-refractivity contribution is 0.297. The van der Waals surface area contributed by atoms with Crippen molar-refractivity contribution in [2.75, 3.05) is 13.2 Å². The molecular weight excluding hydrogens is 462 g/mol. The van der Waals surface area contributed by atoms with E-state index in [1.165, 1.54) is 10.7 Å². The highest BCUT2D eigenvalue weighted by Crippen LogP contribution is 2.33. The van der Waals surface area contributed by atoms with Gasteiger partial charge in [0.15, 0.2) is 11.5 Å². The molecule has 2 aromatic carbocycles. The van der Waals surface area contributed by atoms with Gasteiger partial charge in [0, 0.05) is 28.1 Å². The van der Waals surface area contributed by atoms with Gasteiger partial charge in [-0.1, -0.05) is 15.9 Å². The van der Waals surface area contributed by atoms with Gasteiger partial charge in [0.05, 0.1) is 25.5 Å². The van der Waals surface area contributed by atoms with Crippen molar-refractivity contribution in [1.29, 1.82) is 0 Å². The van der Waals surface area contributed by atoms with Crippen molar-refractivity contribution in [3.05, 3.63) is 81.4 Å². The van der Waals surface area contributed by atoms with Crippen LogP contribution in [0.5, 0.6) is 11.5 Å². The molecule has 0 saturated carbocycles. The summed E-state index contributed by atoms with van der Waals surface area (Å²) in [5.74, 6) is 1.90. The van der Waals surface area contributed by atoms with Gasteiger partial charge < -0.3 is 13.9 Å². The lowest BCUT2D eigenvalue weighted by Gasteiger charge is -2.10. The van der Waals surface area contributed by atoms with E-state index in [1.54, 1.807) is 12.3 Å². The Hall–Kier alpha value is -3.39. The van der Waals surface area contributed by atoms with Crippen molar-refractivity contribution < 1.29 is 13.9 Å². The fraction of sp³-hybridized carbons (Fsp3) is 0.174. The molecule has 0 radical (unpaired) electrons. The lowest BCUT2D eigenvalue weighted by Crippen LogP contribution is -2.23. The SMILES string of the molecule is O=c1ccc(-c2ccc3c(c2)OCCCO3)nn1Cc1coc(-c2ccc(Br)cc2)n1. The maximum Gasteiger partial charge on any atom is 0.267 e. The normalized spacial score (nSPS) is 13.1. The van der Waals surface area contributed by atoms with Crippen LogP contribution in [0.1, 0.15) is 12.1 Å². The monoisotopic (exact) mass is 479 g/mol. The Labute approximate surface area is 186 Å². The molecule has 0 saturated heterocycles. The van der Waals surface area contributed by atoms with E-state index in [0.717, 1.165) is 27.8 Å². The molecule has 0 atom stereocenters. The number of halogens is 1. The molecule has 0 unspecified atom stereocenters. The lowest BCUT2D eigenvalue weighted by atomic mass is 10.1. The highest BCUT2D eigenvalue weighted by Gasteiger charge is 2.14. The van der Waals surface area contributed by atoms with E-state index in [2.05, 4.69) is 26.0 Å². The van der Waals surface area contributed by atoms with E-state index in [0.29, 0.717) is 36.2 Å². The summed E-state index contributed by atoms with van der Waals surface area (Å²) in [4.78, 5) is 16.9. The van der Waals surface area contributed by atoms with Gasteiger partial charge in [-0.25, -0.2) is 9.67 Å². The van der Waals surface area contributed by atoms with Gasteiger partial charge in [-0.3, -0.25) is 4.79 Å². The summed E-state index contributed by atoms with van der Waals surface area (Å²) in [6.45, 7) is 1.45. The van der Waals surface area contributed by atoms with Crippen molar-refractivity contribution in [2.45, 2.75) is 13.0 Å². The zero-order valence-corrected chi connectivity index (χ0v) is 18.0. The van der Waals surface area contributed by atoms with Gasteiger partial charge in [-0.15, -0.1) is 0 Å². The summed E-state index contributed by atoms with van der Waals surface area (Å²) in [7, 11) is 0. The third-order valence-corrected chi connectivity index (χ3v) is 5.39. The van der Waals surface area contributed by atoms with Crippen LogP contribution in [0.4, 0.5) is 0 Å². The number of ether oxygens (including phenoxy) is 2. The molecule has 0 N–H and O–H groups in total. The Balaban J connectivity index is 1.41. The number of hydrogen-bond donors (Lipinski definition) is 0. The second-order valence-corrected chi connectivity index (χ2v) is 7.99. The summed E-state index contributed by atoms with van der Waals surface area (Å²) in [6.07, 6.45) is 2.39. The largest absolute Gasteiger partial charge is 0.490 e. The number of aromatic nitrogens is 3. The molecule has 0 aliphatic carbocycles. The molecule has 8 heteroatoms.